The number of esters is 1. The van der Waals surface area contributed by atoms with E-state index < -0.39 is 40.3 Å². The number of halogens is 1. The van der Waals surface area contributed by atoms with Gasteiger partial charge in [0.05, 0.1) is 7.11 Å². The first-order valence-corrected chi connectivity index (χ1v) is 3.65. The minimum absolute atomic E-state index is 0.908. The zero-order valence-corrected chi connectivity index (χ0v) is 7.48. The smallest absolute Gasteiger partial charge is 0.345 e. The molecule has 0 heterocycles. The van der Waals surface area contributed by atoms with E-state index in [9.17, 15) is 9.18 Å². The Kier molecular flexibility index (Phi) is 2.56. The van der Waals surface area contributed by atoms with E-state index in [-0.39, 0.29) is 0 Å². The molecule has 1 aromatic carbocycles. The maximum absolute atomic E-state index is 12.8. The van der Waals surface area contributed by atoms with Crippen LogP contribution in [0.1, 0.15) is 10.4 Å². The van der Waals surface area contributed by atoms with E-state index >= 15 is 0 Å². The number of benzene rings is 1. The summed E-state index contributed by atoms with van der Waals surface area (Å²) in [6.45, 7) is 0. The molecule has 1 rings (SSSR count). The first-order chi connectivity index (χ1) is 6.91. The van der Waals surface area contributed by atoms with Crippen molar-refractivity contribution >= 4 is 5.97 Å². The molecule has 15 heavy (non-hydrogen) atoms. The fraction of sp³-hybridized carbons (Fsp3) is 0.125. The Balaban J connectivity index is 3.60. The maximum Gasteiger partial charge on any atom is 0.345 e. The summed E-state index contributed by atoms with van der Waals surface area (Å²) >= 11 is 0. The lowest BCUT2D eigenvalue weighted by molar-refractivity contribution is 0.0592. The number of rotatable bonds is 1. The van der Waals surface area contributed by atoms with Gasteiger partial charge in [-0.3, -0.25) is 0 Å². The standard InChI is InChI=1S/C8H7FO6/c1-15-8(14)2-4(10)6(12)3(9)7(13)5(2)11/h10-13H,1H3. The van der Waals surface area contributed by atoms with Crippen LogP contribution in [0.15, 0.2) is 0 Å². The highest BCUT2D eigenvalue weighted by Crippen LogP contribution is 2.45. The highest BCUT2D eigenvalue weighted by molar-refractivity contribution is 5.97. The van der Waals surface area contributed by atoms with Crippen LogP contribution in [0.4, 0.5) is 4.39 Å². The van der Waals surface area contributed by atoms with Crippen molar-refractivity contribution in [3.05, 3.63) is 11.4 Å². The van der Waals surface area contributed by atoms with Crippen molar-refractivity contribution in [2.75, 3.05) is 7.11 Å². The van der Waals surface area contributed by atoms with Gasteiger partial charge in [0.15, 0.2) is 28.6 Å². The number of phenols is 4. The van der Waals surface area contributed by atoms with Gasteiger partial charge in [-0.05, 0) is 0 Å². The van der Waals surface area contributed by atoms with Crippen molar-refractivity contribution in [2.24, 2.45) is 0 Å². The lowest BCUT2D eigenvalue weighted by Crippen LogP contribution is -2.03. The summed E-state index contributed by atoms with van der Waals surface area (Å²) in [5.41, 5.74) is -0.908. The molecule has 6 nitrogen and oxygen atoms in total. The van der Waals surface area contributed by atoms with Gasteiger partial charge in [0.2, 0.25) is 5.82 Å². The van der Waals surface area contributed by atoms with Crippen LogP contribution in [-0.4, -0.2) is 33.5 Å². The molecule has 0 aliphatic rings. The van der Waals surface area contributed by atoms with Gasteiger partial charge in [0.25, 0.3) is 0 Å². The topological polar surface area (TPSA) is 107 Å². The summed E-state index contributed by atoms with van der Waals surface area (Å²) in [7, 11) is 0.943. The number of phenolic OH excluding ortho intramolecular Hbond substituents is 4. The molecule has 0 spiro atoms. The van der Waals surface area contributed by atoms with Gasteiger partial charge < -0.3 is 25.2 Å². The molecule has 0 bridgehead atoms. The van der Waals surface area contributed by atoms with Crippen LogP contribution in [0.2, 0.25) is 0 Å². The molecule has 0 unspecified atom stereocenters. The fourth-order valence-corrected chi connectivity index (χ4v) is 0.964. The normalized spacial score (nSPS) is 10.0. The Labute approximate surface area is 82.8 Å². The van der Waals surface area contributed by atoms with Crippen LogP contribution >= 0.6 is 0 Å². The first kappa shape index (κ1) is 10.9. The van der Waals surface area contributed by atoms with Crippen LogP contribution < -0.4 is 0 Å². The van der Waals surface area contributed by atoms with Crippen LogP contribution in [0.3, 0.4) is 0 Å². The van der Waals surface area contributed by atoms with E-state index in [1.54, 1.807) is 0 Å². The Bertz CT molecular complexity index is 399. The molecule has 7 heteroatoms. The van der Waals surface area contributed by atoms with Crippen molar-refractivity contribution in [3.8, 4) is 23.0 Å². The SMILES string of the molecule is COC(=O)c1c(O)c(O)c(F)c(O)c1O. The van der Waals surface area contributed by atoms with Crippen LogP contribution in [0.25, 0.3) is 0 Å². The zero-order valence-electron chi connectivity index (χ0n) is 7.48. The largest absolute Gasteiger partial charge is 0.503 e. The number of carbonyl (C=O) groups is 1. The lowest BCUT2D eigenvalue weighted by Gasteiger charge is -2.09. The molecule has 0 amide bonds. The summed E-state index contributed by atoms with van der Waals surface area (Å²) < 4.78 is 17.0. The molecule has 0 aliphatic carbocycles. The number of ether oxygens (including phenoxy) is 1. The summed E-state index contributed by atoms with van der Waals surface area (Å²) in [6, 6.07) is 0. The fourth-order valence-electron chi connectivity index (χ4n) is 0.964. The monoisotopic (exact) mass is 218 g/mol. The third kappa shape index (κ3) is 1.47. The molecule has 0 radical (unpaired) electrons. The quantitative estimate of drug-likeness (QED) is 0.309. The third-order valence-corrected chi connectivity index (χ3v) is 1.73. The first-order valence-electron chi connectivity index (χ1n) is 3.65. The molecular formula is C8H7FO6. The van der Waals surface area contributed by atoms with Gasteiger partial charge in [-0.2, -0.15) is 4.39 Å². The highest BCUT2D eigenvalue weighted by Gasteiger charge is 2.28. The summed E-state index contributed by atoms with van der Waals surface area (Å²) in [6.07, 6.45) is 0. The molecule has 0 fully saturated rings. The number of methoxy groups -OCH3 is 1. The second kappa shape index (κ2) is 3.52. The maximum atomic E-state index is 12.8. The lowest BCUT2D eigenvalue weighted by atomic mass is 10.1. The van der Waals surface area contributed by atoms with Crippen LogP contribution in [0, 0.1) is 5.82 Å². The zero-order chi connectivity index (χ0) is 11.7. The highest BCUT2D eigenvalue weighted by atomic mass is 19.1. The molecule has 4 N–H and O–H groups in total. The predicted octanol–water partition coefficient (Wildman–Crippen LogP) is 0.435. The van der Waals surface area contributed by atoms with Crippen molar-refractivity contribution in [3.63, 3.8) is 0 Å². The van der Waals surface area contributed by atoms with Gasteiger partial charge in [-0.25, -0.2) is 4.79 Å². The van der Waals surface area contributed by atoms with E-state index in [0.717, 1.165) is 7.11 Å². The second-order valence-electron chi connectivity index (χ2n) is 2.57. The molecule has 0 saturated carbocycles. The number of hydrogen-bond donors (Lipinski definition) is 4. The molecule has 0 aliphatic heterocycles. The molecule has 0 saturated heterocycles. The average Bonchev–Trinajstić information content (AvgIpc) is 2.23. The molecule has 82 valence electrons. The van der Waals surface area contributed by atoms with E-state index in [1.807, 2.05) is 0 Å². The predicted molar refractivity (Wildman–Crippen MR) is 44.4 cm³/mol. The van der Waals surface area contributed by atoms with Gasteiger partial charge in [-0.1, -0.05) is 0 Å². The summed E-state index contributed by atoms with van der Waals surface area (Å²) in [4.78, 5) is 11.0. The van der Waals surface area contributed by atoms with Crippen LogP contribution in [0.5, 0.6) is 23.0 Å². The second-order valence-corrected chi connectivity index (χ2v) is 2.57. The Morgan fingerprint density at radius 1 is 1.07 bits per heavy atom. The van der Waals surface area contributed by atoms with E-state index in [1.165, 1.54) is 0 Å². The summed E-state index contributed by atoms with van der Waals surface area (Å²) in [5, 5.41) is 36.1. The van der Waals surface area contributed by atoms with Crippen molar-refractivity contribution in [2.45, 2.75) is 0 Å². The van der Waals surface area contributed by atoms with Crippen molar-refractivity contribution < 1.29 is 34.3 Å². The Morgan fingerprint density at radius 3 is 1.80 bits per heavy atom. The van der Waals surface area contributed by atoms with Gasteiger partial charge in [0.1, 0.15) is 0 Å². The van der Waals surface area contributed by atoms with E-state index in [0.29, 0.717) is 0 Å². The number of aromatic hydroxyl groups is 4. The number of hydrogen-bond acceptors (Lipinski definition) is 6. The minimum atomic E-state index is -1.63. The number of carbonyl (C=O) groups excluding carboxylic acids is 1. The van der Waals surface area contributed by atoms with Crippen LogP contribution in [-0.2, 0) is 4.74 Å². The third-order valence-electron chi connectivity index (χ3n) is 1.73. The van der Waals surface area contributed by atoms with Gasteiger partial charge >= 0.3 is 5.97 Å². The minimum Gasteiger partial charge on any atom is -0.503 e. The van der Waals surface area contributed by atoms with Crippen molar-refractivity contribution in [1.29, 1.82) is 0 Å². The Hall–Kier alpha value is -2.18. The van der Waals surface area contributed by atoms with E-state index in [4.69, 9.17) is 20.4 Å². The molecular weight excluding hydrogens is 211 g/mol. The summed E-state index contributed by atoms with van der Waals surface area (Å²) in [5.74, 6) is -7.94. The van der Waals surface area contributed by atoms with Crippen molar-refractivity contribution in [1.82, 2.24) is 0 Å². The van der Waals surface area contributed by atoms with Gasteiger partial charge in [0, 0.05) is 0 Å². The molecule has 1 aromatic rings. The Morgan fingerprint density at radius 2 is 1.47 bits per heavy atom. The molecule has 0 aromatic heterocycles. The average molecular weight is 218 g/mol. The molecule has 0 atom stereocenters. The van der Waals surface area contributed by atoms with E-state index in [2.05, 4.69) is 4.74 Å². The van der Waals surface area contributed by atoms with Gasteiger partial charge in [-0.15, -0.1) is 0 Å².